The van der Waals surface area contributed by atoms with Crippen LogP contribution in [0.5, 0.6) is 17.2 Å². The Morgan fingerprint density at radius 3 is 2.68 bits per heavy atom. The molecule has 0 aromatic heterocycles. The van der Waals surface area contributed by atoms with Crippen LogP contribution in [0.15, 0.2) is 34.8 Å². The molecule has 130 valence electrons. The minimum atomic E-state index is -0.418. The average molecular weight is 427 g/mol. The third kappa shape index (κ3) is 4.24. The third-order valence-corrected chi connectivity index (χ3v) is 4.17. The smallest absolute Gasteiger partial charge is 0.262 e. The molecule has 0 spiro atoms. The Bertz CT molecular complexity index is 827. The van der Waals surface area contributed by atoms with Gasteiger partial charge in [-0.1, -0.05) is 27.5 Å². The Morgan fingerprint density at radius 1 is 1.24 bits per heavy atom. The quantitative estimate of drug-likeness (QED) is 0.738. The van der Waals surface area contributed by atoms with Crippen molar-refractivity contribution in [2.45, 2.75) is 0 Å². The molecule has 6 nitrogen and oxygen atoms in total. The van der Waals surface area contributed by atoms with Gasteiger partial charge in [0.15, 0.2) is 24.4 Å². The van der Waals surface area contributed by atoms with Crippen LogP contribution in [0.3, 0.4) is 0 Å². The van der Waals surface area contributed by atoms with E-state index in [4.69, 9.17) is 25.8 Å². The molecule has 0 radical (unpaired) electrons. The van der Waals surface area contributed by atoms with E-state index in [1.165, 1.54) is 0 Å². The zero-order valence-electron chi connectivity index (χ0n) is 12.9. The molecule has 0 saturated heterocycles. The molecule has 1 N–H and O–H groups in total. The molecule has 25 heavy (non-hydrogen) atoms. The second-order valence-electron chi connectivity index (χ2n) is 5.11. The maximum absolute atomic E-state index is 12.1. The van der Waals surface area contributed by atoms with Crippen LogP contribution < -0.4 is 19.5 Å². The normalized spacial score (nSPS) is 12.4. The number of aldehydes is 1. The standard InChI is InChI=1S/C17H13BrClNO5/c18-11-1-2-14(10(5-11)8-21)25-9-17(22)20-13-7-16-15(6-12(13)19)23-3-4-24-16/h1-2,5-8H,3-4,9H2,(H,20,22). The molecule has 2 aromatic rings. The van der Waals surface area contributed by atoms with Crippen molar-refractivity contribution in [1.29, 1.82) is 0 Å². The number of rotatable bonds is 5. The summed E-state index contributed by atoms with van der Waals surface area (Å²) in [5.41, 5.74) is 0.741. The Morgan fingerprint density at radius 2 is 1.96 bits per heavy atom. The molecule has 0 unspecified atom stereocenters. The molecule has 0 aliphatic carbocycles. The van der Waals surface area contributed by atoms with Crippen LogP contribution in [0.4, 0.5) is 5.69 Å². The van der Waals surface area contributed by atoms with E-state index in [9.17, 15) is 9.59 Å². The minimum absolute atomic E-state index is 0.271. The van der Waals surface area contributed by atoms with E-state index >= 15 is 0 Å². The molecular weight excluding hydrogens is 414 g/mol. The molecule has 3 rings (SSSR count). The van der Waals surface area contributed by atoms with Crippen LogP contribution in [0, 0.1) is 0 Å². The molecule has 0 saturated carbocycles. The number of halogens is 2. The SMILES string of the molecule is O=Cc1cc(Br)ccc1OCC(=O)Nc1cc2c(cc1Cl)OCCO2. The van der Waals surface area contributed by atoms with E-state index in [2.05, 4.69) is 21.2 Å². The van der Waals surface area contributed by atoms with Crippen molar-refractivity contribution < 1.29 is 23.8 Å². The molecule has 0 bridgehead atoms. The zero-order chi connectivity index (χ0) is 17.8. The highest BCUT2D eigenvalue weighted by atomic mass is 79.9. The lowest BCUT2D eigenvalue weighted by Gasteiger charge is -2.20. The summed E-state index contributed by atoms with van der Waals surface area (Å²) in [7, 11) is 0. The van der Waals surface area contributed by atoms with Crippen LogP contribution in [0.1, 0.15) is 10.4 Å². The minimum Gasteiger partial charge on any atom is -0.486 e. The number of hydrogen-bond acceptors (Lipinski definition) is 5. The topological polar surface area (TPSA) is 73.9 Å². The number of nitrogens with one attached hydrogen (secondary N) is 1. The fourth-order valence-electron chi connectivity index (χ4n) is 2.23. The summed E-state index contributed by atoms with van der Waals surface area (Å²) < 4.78 is 17.0. The van der Waals surface area contributed by atoms with Crippen LogP contribution in [-0.4, -0.2) is 32.0 Å². The number of amides is 1. The first-order valence-corrected chi connectivity index (χ1v) is 8.50. The Labute approximate surface area is 157 Å². The van der Waals surface area contributed by atoms with Gasteiger partial charge in [-0.3, -0.25) is 9.59 Å². The molecule has 1 aliphatic heterocycles. The molecule has 0 fully saturated rings. The van der Waals surface area contributed by atoms with E-state index in [1.807, 2.05) is 0 Å². The highest BCUT2D eigenvalue weighted by molar-refractivity contribution is 9.10. The Kier molecular flexibility index (Phi) is 5.45. The number of carbonyl (C=O) groups excluding carboxylic acids is 2. The number of hydrogen-bond donors (Lipinski definition) is 1. The van der Waals surface area contributed by atoms with Crippen LogP contribution in [0.2, 0.25) is 5.02 Å². The fraction of sp³-hybridized carbons (Fsp3) is 0.176. The predicted molar refractivity (Wildman–Crippen MR) is 96.1 cm³/mol. The van der Waals surface area contributed by atoms with Crippen molar-refractivity contribution in [2.24, 2.45) is 0 Å². The monoisotopic (exact) mass is 425 g/mol. The van der Waals surface area contributed by atoms with E-state index in [-0.39, 0.29) is 6.61 Å². The van der Waals surface area contributed by atoms with Crippen molar-refractivity contribution in [2.75, 3.05) is 25.1 Å². The van der Waals surface area contributed by atoms with Gasteiger partial charge in [0.05, 0.1) is 16.3 Å². The largest absolute Gasteiger partial charge is 0.486 e. The summed E-state index contributed by atoms with van der Waals surface area (Å²) in [5, 5.41) is 2.98. The molecule has 0 atom stereocenters. The molecule has 1 aliphatic rings. The van der Waals surface area contributed by atoms with E-state index in [1.54, 1.807) is 30.3 Å². The maximum Gasteiger partial charge on any atom is 0.262 e. The fourth-order valence-corrected chi connectivity index (χ4v) is 2.81. The summed E-state index contributed by atoms with van der Waals surface area (Å²) >= 11 is 9.41. The summed E-state index contributed by atoms with van der Waals surface area (Å²) in [6, 6.07) is 8.13. The molecule has 2 aromatic carbocycles. The maximum atomic E-state index is 12.1. The summed E-state index contributed by atoms with van der Waals surface area (Å²) in [4.78, 5) is 23.2. The lowest BCUT2D eigenvalue weighted by Crippen LogP contribution is -2.21. The first-order chi connectivity index (χ1) is 12.1. The summed E-state index contributed by atoms with van der Waals surface area (Å²) in [6.07, 6.45) is 0.662. The Balaban J connectivity index is 1.66. The highest BCUT2D eigenvalue weighted by Gasteiger charge is 2.16. The van der Waals surface area contributed by atoms with Crippen molar-refractivity contribution in [3.63, 3.8) is 0 Å². The number of fused-ring (bicyclic) bond motifs is 1. The van der Waals surface area contributed by atoms with Gasteiger partial charge >= 0.3 is 0 Å². The van der Waals surface area contributed by atoms with Crippen LogP contribution in [-0.2, 0) is 4.79 Å². The van der Waals surface area contributed by atoms with E-state index < -0.39 is 5.91 Å². The van der Waals surface area contributed by atoms with Gasteiger partial charge in [0, 0.05) is 16.6 Å². The van der Waals surface area contributed by atoms with E-state index in [0.717, 1.165) is 4.47 Å². The second-order valence-corrected chi connectivity index (χ2v) is 6.44. The van der Waals surface area contributed by atoms with Gasteiger partial charge in [0.2, 0.25) is 0 Å². The highest BCUT2D eigenvalue weighted by Crippen LogP contribution is 2.37. The molecule has 8 heteroatoms. The predicted octanol–water partition coefficient (Wildman–Crippen LogP) is 3.70. The van der Waals surface area contributed by atoms with Crippen LogP contribution >= 0.6 is 27.5 Å². The van der Waals surface area contributed by atoms with Gasteiger partial charge in [-0.2, -0.15) is 0 Å². The van der Waals surface area contributed by atoms with Gasteiger partial charge in [0.25, 0.3) is 5.91 Å². The van der Waals surface area contributed by atoms with Crippen molar-refractivity contribution in [3.8, 4) is 17.2 Å². The lowest BCUT2D eigenvalue weighted by molar-refractivity contribution is -0.118. The molecule has 1 heterocycles. The van der Waals surface area contributed by atoms with Gasteiger partial charge in [-0.25, -0.2) is 0 Å². The number of benzene rings is 2. The number of ether oxygens (including phenoxy) is 3. The molecular formula is C17H13BrClNO5. The average Bonchev–Trinajstić information content (AvgIpc) is 2.61. The summed E-state index contributed by atoms with van der Waals surface area (Å²) in [5.74, 6) is 0.957. The first kappa shape index (κ1) is 17.6. The molecule has 1 amide bonds. The van der Waals surface area contributed by atoms with Crippen molar-refractivity contribution in [3.05, 3.63) is 45.4 Å². The van der Waals surface area contributed by atoms with Gasteiger partial charge < -0.3 is 19.5 Å². The zero-order valence-corrected chi connectivity index (χ0v) is 15.2. The summed E-state index contributed by atoms with van der Waals surface area (Å²) in [6.45, 7) is 0.617. The number of anilines is 1. The Hall–Kier alpha value is -2.25. The van der Waals surface area contributed by atoms with Crippen molar-refractivity contribution >= 4 is 45.4 Å². The van der Waals surface area contributed by atoms with E-state index in [0.29, 0.717) is 53.0 Å². The van der Waals surface area contributed by atoms with Gasteiger partial charge in [0.1, 0.15) is 19.0 Å². The van der Waals surface area contributed by atoms with Gasteiger partial charge in [-0.05, 0) is 18.2 Å². The lowest BCUT2D eigenvalue weighted by atomic mass is 10.2. The second kappa shape index (κ2) is 7.76. The van der Waals surface area contributed by atoms with Gasteiger partial charge in [-0.15, -0.1) is 0 Å². The number of carbonyl (C=O) groups is 2. The third-order valence-electron chi connectivity index (χ3n) is 3.36. The van der Waals surface area contributed by atoms with Crippen molar-refractivity contribution in [1.82, 2.24) is 0 Å². The first-order valence-electron chi connectivity index (χ1n) is 7.33. The van der Waals surface area contributed by atoms with Crippen LogP contribution in [0.25, 0.3) is 0 Å².